The Kier molecular flexibility index (Phi) is 9.21. The number of benzene rings is 1. The molecule has 2 fully saturated rings. The summed E-state index contributed by atoms with van der Waals surface area (Å²) < 4.78 is 19.5. The predicted molar refractivity (Wildman–Crippen MR) is 152 cm³/mol. The smallest absolute Gasteiger partial charge is 0.322 e. The van der Waals surface area contributed by atoms with Crippen LogP contribution in [0.25, 0.3) is 17.2 Å². The molecule has 1 aromatic heterocycles. The van der Waals surface area contributed by atoms with E-state index in [0.717, 1.165) is 42.9 Å². The summed E-state index contributed by atoms with van der Waals surface area (Å²) in [5, 5.41) is 3.09. The zero-order chi connectivity index (χ0) is 28.2. The summed E-state index contributed by atoms with van der Waals surface area (Å²) in [5.41, 5.74) is 1.21. The Labute approximate surface area is 232 Å². The van der Waals surface area contributed by atoms with Gasteiger partial charge in [0.1, 0.15) is 11.9 Å². The first-order chi connectivity index (χ1) is 18.7. The zero-order valence-corrected chi connectivity index (χ0v) is 23.8. The third-order valence-corrected chi connectivity index (χ3v) is 8.93. The quantitative estimate of drug-likeness (QED) is 0.317. The van der Waals surface area contributed by atoms with Gasteiger partial charge in [-0.3, -0.25) is 14.6 Å². The number of nitrogens with zero attached hydrogens (tertiary/aromatic N) is 2. The zero-order valence-electron chi connectivity index (χ0n) is 23.8. The van der Waals surface area contributed by atoms with Crippen molar-refractivity contribution in [2.45, 2.75) is 53.6 Å². The van der Waals surface area contributed by atoms with Gasteiger partial charge in [0, 0.05) is 30.8 Å². The molecule has 0 radical (unpaired) electrons. The number of amides is 1. The molecule has 0 spiro atoms. The molecule has 4 rings (SSSR count). The molecule has 2 aliphatic rings. The summed E-state index contributed by atoms with van der Waals surface area (Å²) in [6.07, 6.45) is 6.95. The van der Waals surface area contributed by atoms with Gasteiger partial charge in [0.25, 0.3) is 0 Å². The van der Waals surface area contributed by atoms with E-state index in [1.807, 2.05) is 31.2 Å². The number of hydrogen-bond donors (Lipinski definition) is 1. The van der Waals surface area contributed by atoms with Crippen LogP contribution in [0.15, 0.2) is 48.7 Å². The first kappa shape index (κ1) is 28.9. The fourth-order valence-electron chi connectivity index (χ4n) is 6.90. The molecule has 1 N–H and O–H groups in total. The summed E-state index contributed by atoms with van der Waals surface area (Å²) in [5.74, 6) is -0.650. The van der Waals surface area contributed by atoms with Crippen molar-refractivity contribution in [3.63, 3.8) is 0 Å². The van der Waals surface area contributed by atoms with E-state index in [1.165, 1.54) is 12.1 Å². The first-order valence-corrected chi connectivity index (χ1v) is 14.4. The highest BCUT2D eigenvalue weighted by Gasteiger charge is 2.66. The number of fused-ring (bicyclic) bond motifs is 1. The minimum Gasteiger partial charge on any atom is -0.461 e. The summed E-state index contributed by atoms with van der Waals surface area (Å²) in [4.78, 5) is 34.0. The molecule has 1 amide bonds. The number of allylic oxidation sites excluding steroid dienone is 1. The molecule has 1 aromatic carbocycles. The lowest BCUT2D eigenvalue weighted by Crippen LogP contribution is -2.56. The van der Waals surface area contributed by atoms with Crippen LogP contribution in [0.3, 0.4) is 0 Å². The molecule has 2 aromatic rings. The number of esters is 1. The molecule has 1 aliphatic carbocycles. The van der Waals surface area contributed by atoms with E-state index >= 15 is 0 Å². The van der Waals surface area contributed by atoms with Gasteiger partial charge in [0.15, 0.2) is 5.41 Å². The van der Waals surface area contributed by atoms with Crippen LogP contribution in [0.2, 0.25) is 0 Å². The number of carbonyl (C=O) groups is 2. The Bertz CT molecular complexity index is 1180. The van der Waals surface area contributed by atoms with E-state index in [2.05, 4.69) is 49.0 Å². The molecular weight excluding hydrogens is 493 g/mol. The van der Waals surface area contributed by atoms with Crippen LogP contribution < -0.4 is 5.32 Å². The van der Waals surface area contributed by atoms with Crippen LogP contribution in [0.5, 0.6) is 0 Å². The van der Waals surface area contributed by atoms with Crippen LogP contribution in [0.4, 0.5) is 4.39 Å². The number of likely N-dealkylation sites (N-methyl/N-ethyl adjacent to an activating group) is 1. The number of aromatic nitrogens is 1. The molecule has 1 saturated carbocycles. The highest BCUT2D eigenvalue weighted by atomic mass is 19.1. The Morgan fingerprint density at radius 1 is 1.18 bits per heavy atom. The Morgan fingerprint density at radius 2 is 1.95 bits per heavy atom. The van der Waals surface area contributed by atoms with Gasteiger partial charge in [-0.1, -0.05) is 58.4 Å². The number of carbonyl (C=O) groups excluding carboxylic acids is 2. The maximum atomic E-state index is 13.8. The van der Waals surface area contributed by atoms with E-state index in [1.54, 1.807) is 12.3 Å². The average molecular weight is 536 g/mol. The topological polar surface area (TPSA) is 71.5 Å². The van der Waals surface area contributed by atoms with Crippen molar-refractivity contribution in [3.8, 4) is 11.1 Å². The van der Waals surface area contributed by atoms with E-state index in [0.29, 0.717) is 18.9 Å². The number of rotatable bonds is 10. The molecule has 6 nitrogen and oxygen atoms in total. The maximum Gasteiger partial charge on any atom is 0.322 e. The SMILES string of the molecule is CCC1C(C)C[C@@]2(C(=O)NCCN(CC)CC)C(=O)O[C@H](C)C2C1/C=C/c1ccc(-c2cccc(F)c2)cn1. The molecule has 39 heavy (non-hydrogen) atoms. The molecule has 1 saturated heterocycles. The van der Waals surface area contributed by atoms with E-state index in [4.69, 9.17) is 4.74 Å². The van der Waals surface area contributed by atoms with Crippen molar-refractivity contribution in [1.82, 2.24) is 15.2 Å². The van der Waals surface area contributed by atoms with Gasteiger partial charge in [-0.15, -0.1) is 0 Å². The molecule has 210 valence electrons. The number of pyridine rings is 1. The average Bonchev–Trinajstić information content (AvgIpc) is 3.19. The monoisotopic (exact) mass is 535 g/mol. The normalized spacial score (nSPS) is 28.5. The Hall–Kier alpha value is -3.06. The van der Waals surface area contributed by atoms with Crippen LogP contribution in [-0.4, -0.2) is 54.0 Å². The number of nitrogens with one attached hydrogen (secondary N) is 1. The van der Waals surface area contributed by atoms with Gasteiger partial charge in [-0.2, -0.15) is 0 Å². The Balaban J connectivity index is 1.59. The molecule has 7 heteroatoms. The Morgan fingerprint density at radius 3 is 2.59 bits per heavy atom. The molecule has 1 aliphatic heterocycles. The van der Waals surface area contributed by atoms with Crippen molar-refractivity contribution >= 4 is 18.0 Å². The lowest BCUT2D eigenvalue weighted by molar-refractivity contribution is -0.157. The molecule has 2 heterocycles. The molecule has 4 unspecified atom stereocenters. The third-order valence-electron chi connectivity index (χ3n) is 8.93. The highest BCUT2D eigenvalue weighted by Crippen LogP contribution is 2.57. The van der Waals surface area contributed by atoms with Crippen molar-refractivity contribution in [1.29, 1.82) is 0 Å². The van der Waals surface area contributed by atoms with Crippen molar-refractivity contribution in [2.24, 2.45) is 29.1 Å². The van der Waals surface area contributed by atoms with E-state index in [9.17, 15) is 14.0 Å². The third kappa shape index (κ3) is 5.79. The number of cyclic esters (lactones) is 1. The van der Waals surface area contributed by atoms with Gasteiger partial charge in [-0.05, 0) is 74.0 Å². The lowest BCUT2D eigenvalue weighted by atomic mass is 9.53. The first-order valence-electron chi connectivity index (χ1n) is 14.4. The van der Waals surface area contributed by atoms with Gasteiger partial charge >= 0.3 is 5.97 Å². The van der Waals surface area contributed by atoms with E-state index in [-0.39, 0.29) is 35.6 Å². The summed E-state index contributed by atoms with van der Waals surface area (Å²) in [6.45, 7) is 13.5. The second kappa shape index (κ2) is 12.4. The standard InChI is InChI=1S/C32H42FN3O3/c1-6-27-21(4)19-32(30(37)34-16-17-36(7-2)8-3)29(22(5)39-31(32)38)28(27)15-14-26-13-12-24(20-35-26)23-10-9-11-25(33)18-23/h9-15,18,20-22,27-29H,6-8,16-17,19H2,1-5H3,(H,34,37)/b15-14+/t21?,22-,27?,28?,29?,32-/m1/s1. The molecule has 0 bridgehead atoms. The summed E-state index contributed by atoms with van der Waals surface area (Å²) >= 11 is 0. The second-order valence-corrected chi connectivity index (χ2v) is 11.1. The van der Waals surface area contributed by atoms with Gasteiger partial charge in [-0.25, -0.2) is 4.39 Å². The van der Waals surface area contributed by atoms with E-state index < -0.39 is 11.4 Å². The second-order valence-electron chi connectivity index (χ2n) is 11.1. The minimum absolute atomic E-state index is 0.0153. The van der Waals surface area contributed by atoms with Crippen molar-refractivity contribution in [2.75, 3.05) is 26.2 Å². The van der Waals surface area contributed by atoms with Gasteiger partial charge < -0.3 is 15.0 Å². The van der Waals surface area contributed by atoms with Crippen LogP contribution >= 0.6 is 0 Å². The van der Waals surface area contributed by atoms with Gasteiger partial charge in [0.05, 0.1) is 5.69 Å². The molecule has 6 atom stereocenters. The number of halogens is 1. The summed E-state index contributed by atoms with van der Waals surface area (Å²) in [7, 11) is 0. The van der Waals surface area contributed by atoms with Gasteiger partial charge in [0.2, 0.25) is 5.91 Å². The highest BCUT2D eigenvalue weighted by molar-refractivity contribution is 6.04. The van der Waals surface area contributed by atoms with Crippen molar-refractivity contribution in [3.05, 3.63) is 60.2 Å². The van der Waals surface area contributed by atoms with Crippen LogP contribution in [-0.2, 0) is 14.3 Å². The number of ether oxygens (including phenoxy) is 1. The largest absolute Gasteiger partial charge is 0.461 e. The maximum absolute atomic E-state index is 13.8. The number of hydrogen-bond acceptors (Lipinski definition) is 5. The minimum atomic E-state index is -1.18. The fourth-order valence-corrected chi connectivity index (χ4v) is 6.90. The fraction of sp³-hybridized carbons (Fsp3) is 0.531. The van der Waals surface area contributed by atoms with Crippen molar-refractivity contribution < 1.29 is 18.7 Å². The lowest BCUT2D eigenvalue weighted by Gasteiger charge is -2.47. The van der Waals surface area contributed by atoms with Crippen LogP contribution in [0.1, 0.15) is 53.2 Å². The van der Waals surface area contributed by atoms with Crippen LogP contribution in [0, 0.1) is 34.9 Å². The predicted octanol–water partition coefficient (Wildman–Crippen LogP) is 5.59. The summed E-state index contributed by atoms with van der Waals surface area (Å²) in [6, 6.07) is 10.3. The molecular formula is C32H42FN3O3.